The van der Waals surface area contributed by atoms with E-state index in [2.05, 4.69) is 36.3 Å². The quantitative estimate of drug-likeness (QED) is 0.440. The van der Waals surface area contributed by atoms with Crippen molar-refractivity contribution in [2.45, 2.75) is 33.2 Å². The Morgan fingerprint density at radius 2 is 1.77 bits per heavy atom. The predicted molar refractivity (Wildman–Crippen MR) is 138 cm³/mol. The average Bonchev–Trinajstić information content (AvgIpc) is 3.34. The zero-order chi connectivity index (χ0) is 24.8. The third-order valence-corrected chi connectivity index (χ3v) is 6.88. The fourth-order valence-corrected chi connectivity index (χ4v) is 4.54. The molecule has 1 aromatic heterocycles. The highest BCUT2D eigenvalue weighted by Gasteiger charge is 2.27. The maximum atomic E-state index is 13.0. The Hall–Kier alpha value is -3.04. The van der Waals surface area contributed by atoms with Gasteiger partial charge in [-0.3, -0.25) is 14.5 Å². The molecule has 184 valence electrons. The molecule has 1 saturated heterocycles. The average molecular weight is 540 g/mol. The van der Waals surface area contributed by atoms with Crippen molar-refractivity contribution >= 4 is 33.4 Å². The summed E-state index contributed by atoms with van der Waals surface area (Å²) in [4.78, 5) is 34.4. The molecule has 1 aliphatic rings. The summed E-state index contributed by atoms with van der Waals surface area (Å²) in [6.07, 6.45) is 1.46. The number of rotatable bonds is 8. The minimum atomic E-state index is -0.108. The molecule has 3 aromatic rings. The van der Waals surface area contributed by atoms with Crippen LogP contribution in [0.4, 0.5) is 5.69 Å². The zero-order valence-corrected chi connectivity index (χ0v) is 21.6. The largest absolute Gasteiger partial charge is 0.339 e. The lowest BCUT2D eigenvalue weighted by molar-refractivity contribution is -0.121. The van der Waals surface area contributed by atoms with Gasteiger partial charge in [-0.2, -0.15) is 4.98 Å². The van der Waals surface area contributed by atoms with E-state index in [1.807, 2.05) is 50.2 Å². The summed E-state index contributed by atoms with van der Waals surface area (Å²) in [6.45, 7) is 7.22. The minimum absolute atomic E-state index is 0.0419. The van der Waals surface area contributed by atoms with Crippen LogP contribution in [0.2, 0.25) is 0 Å². The van der Waals surface area contributed by atoms with Crippen molar-refractivity contribution in [1.29, 1.82) is 0 Å². The number of hydrogen-bond acceptors (Lipinski definition) is 6. The number of para-hydroxylation sites is 1. The van der Waals surface area contributed by atoms with E-state index < -0.39 is 0 Å². The van der Waals surface area contributed by atoms with Crippen LogP contribution in [-0.4, -0.2) is 57.9 Å². The number of hydrogen-bond donors (Lipinski definition) is 1. The molecule has 1 aliphatic heterocycles. The topological polar surface area (TPSA) is 91.6 Å². The number of amides is 2. The SMILES string of the molecule is CCN(CC)C(=O)c1ccccc1NC(=O)C1CCN(Cc2nc(-c3ccc(Br)cc3)no2)CC1. The smallest absolute Gasteiger partial charge is 0.255 e. The fraction of sp³-hybridized carbons (Fsp3) is 0.385. The van der Waals surface area contributed by atoms with Gasteiger partial charge in [-0.25, -0.2) is 0 Å². The van der Waals surface area contributed by atoms with Crippen molar-refractivity contribution in [3.63, 3.8) is 0 Å². The summed E-state index contributed by atoms with van der Waals surface area (Å²) >= 11 is 3.43. The van der Waals surface area contributed by atoms with Crippen LogP contribution in [0.1, 0.15) is 42.9 Å². The molecule has 2 aromatic carbocycles. The molecular weight excluding hydrogens is 510 g/mol. The van der Waals surface area contributed by atoms with Crippen molar-refractivity contribution < 1.29 is 14.1 Å². The van der Waals surface area contributed by atoms with E-state index in [1.165, 1.54) is 0 Å². The second kappa shape index (κ2) is 11.6. The second-order valence-electron chi connectivity index (χ2n) is 8.58. The summed E-state index contributed by atoms with van der Waals surface area (Å²) in [5, 5.41) is 7.10. The van der Waals surface area contributed by atoms with Crippen LogP contribution >= 0.6 is 15.9 Å². The standard InChI is InChI=1S/C26H30BrN5O3/c1-3-32(4-2)26(34)21-7-5-6-8-22(21)28-25(33)19-13-15-31(16-14-19)17-23-29-24(30-35-23)18-9-11-20(27)12-10-18/h5-12,19H,3-4,13-17H2,1-2H3,(H,28,33). The van der Waals surface area contributed by atoms with Gasteiger partial charge in [-0.1, -0.05) is 33.2 Å². The molecule has 1 fully saturated rings. The Morgan fingerprint density at radius 3 is 2.46 bits per heavy atom. The molecule has 0 saturated carbocycles. The number of anilines is 1. The molecule has 0 spiro atoms. The van der Waals surface area contributed by atoms with Crippen LogP contribution in [0, 0.1) is 5.92 Å². The lowest BCUT2D eigenvalue weighted by Crippen LogP contribution is -2.38. The molecule has 0 atom stereocenters. The number of nitrogens with one attached hydrogen (secondary N) is 1. The number of carbonyl (C=O) groups is 2. The number of nitrogens with zero attached hydrogens (tertiary/aromatic N) is 4. The van der Waals surface area contributed by atoms with Crippen LogP contribution < -0.4 is 5.32 Å². The summed E-state index contributed by atoms with van der Waals surface area (Å²) in [5.41, 5.74) is 2.00. The van der Waals surface area contributed by atoms with Gasteiger partial charge in [0.15, 0.2) is 0 Å². The lowest BCUT2D eigenvalue weighted by Gasteiger charge is -2.30. The Balaban J connectivity index is 1.31. The van der Waals surface area contributed by atoms with Gasteiger partial charge in [-0.15, -0.1) is 0 Å². The highest BCUT2D eigenvalue weighted by atomic mass is 79.9. The van der Waals surface area contributed by atoms with Gasteiger partial charge in [0.25, 0.3) is 5.91 Å². The molecule has 2 amide bonds. The van der Waals surface area contributed by atoms with Crippen LogP contribution in [0.5, 0.6) is 0 Å². The number of likely N-dealkylation sites (tertiary alicyclic amines) is 1. The van der Waals surface area contributed by atoms with E-state index >= 15 is 0 Å². The minimum Gasteiger partial charge on any atom is -0.339 e. The van der Waals surface area contributed by atoms with E-state index in [0.717, 1.165) is 36.0 Å². The number of aromatic nitrogens is 2. The molecule has 1 N–H and O–H groups in total. The van der Waals surface area contributed by atoms with Crippen molar-refractivity contribution in [1.82, 2.24) is 19.9 Å². The molecule has 0 radical (unpaired) electrons. The number of benzene rings is 2. The number of piperidine rings is 1. The molecular formula is C26H30BrN5O3. The van der Waals surface area contributed by atoms with Crippen LogP contribution in [0.3, 0.4) is 0 Å². The number of carbonyl (C=O) groups excluding carboxylic acids is 2. The first kappa shape index (κ1) is 25.1. The van der Waals surface area contributed by atoms with Gasteiger partial charge >= 0.3 is 0 Å². The Morgan fingerprint density at radius 1 is 1.09 bits per heavy atom. The first-order valence-electron chi connectivity index (χ1n) is 12.0. The van der Waals surface area contributed by atoms with Crippen LogP contribution in [0.25, 0.3) is 11.4 Å². The van der Waals surface area contributed by atoms with Gasteiger partial charge in [0.2, 0.25) is 17.6 Å². The highest BCUT2D eigenvalue weighted by molar-refractivity contribution is 9.10. The second-order valence-corrected chi connectivity index (χ2v) is 9.50. The van der Waals surface area contributed by atoms with Gasteiger partial charge in [0.05, 0.1) is 17.8 Å². The van der Waals surface area contributed by atoms with E-state index in [9.17, 15) is 9.59 Å². The maximum Gasteiger partial charge on any atom is 0.255 e. The normalized spacial score (nSPS) is 14.6. The lowest BCUT2D eigenvalue weighted by atomic mass is 9.95. The molecule has 4 rings (SSSR count). The van der Waals surface area contributed by atoms with E-state index in [1.54, 1.807) is 17.0 Å². The molecule has 0 bridgehead atoms. The summed E-state index contributed by atoms with van der Waals surface area (Å²) in [6, 6.07) is 15.0. The molecule has 9 heteroatoms. The van der Waals surface area contributed by atoms with Crippen molar-refractivity contribution in [3.8, 4) is 11.4 Å². The number of halogens is 1. The molecule has 8 nitrogen and oxygen atoms in total. The first-order chi connectivity index (χ1) is 17.0. The van der Waals surface area contributed by atoms with Gasteiger partial charge < -0.3 is 14.7 Å². The van der Waals surface area contributed by atoms with Crippen LogP contribution in [-0.2, 0) is 11.3 Å². The molecule has 2 heterocycles. The Labute approximate surface area is 213 Å². The van der Waals surface area contributed by atoms with E-state index in [4.69, 9.17) is 4.52 Å². The van der Waals surface area contributed by atoms with Gasteiger partial charge in [-0.05, 0) is 76.2 Å². The third kappa shape index (κ3) is 6.15. The van der Waals surface area contributed by atoms with Gasteiger partial charge in [0.1, 0.15) is 0 Å². The predicted octanol–water partition coefficient (Wildman–Crippen LogP) is 4.83. The van der Waals surface area contributed by atoms with Crippen molar-refractivity contribution in [2.75, 3.05) is 31.5 Å². The molecule has 0 unspecified atom stereocenters. The first-order valence-corrected chi connectivity index (χ1v) is 12.8. The fourth-order valence-electron chi connectivity index (χ4n) is 4.27. The Bertz CT molecular complexity index is 1150. The highest BCUT2D eigenvalue weighted by Crippen LogP contribution is 2.24. The maximum absolute atomic E-state index is 13.0. The summed E-state index contributed by atoms with van der Waals surface area (Å²) in [7, 11) is 0. The monoisotopic (exact) mass is 539 g/mol. The third-order valence-electron chi connectivity index (χ3n) is 6.35. The zero-order valence-electron chi connectivity index (χ0n) is 20.0. The van der Waals surface area contributed by atoms with Gasteiger partial charge in [0, 0.05) is 29.0 Å². The summed E-state index contributed by atoms with van der Waals surface area (Å²) < 4.78 is 6.45. The van der Waals surface area contributed by atoms with Crippen LogP contribution in [0.15, 0.2) is 57.5 Å². The molecule has 35 heavy (non-hydrogen) atoms. The van der Waals surface area contributed by atoms with E-state index in [0.29, 0.717) is 42.6 Å². The Kier molecular flexibility index (Phi) is 8.30. The summed E-state index contributed by atoms with van der Waals surface area (Å²) in [5.74, 6) is 0.917. The molecule has 0 aliphatic carbocycles. The van der Waals surface area contributed by atoms with Crippen molar-refractivity contribution in [2.24, 2.45) is 5.92 Å². The van der Waals surface area contributed by atoms with E-state index in [-0.39, 0.29) is 17.7 Å². The van der Waals surface area contributed by atoms with Crippen molar-refractivity contribution in [3.05, 3.63) is 64.5 Å².